The van der Waals surface area contributed by atoms with E-state index in [4.69, 9.17) is 4.74 Å². The molecule has 0 atom stereocenters. The first-order chi connectivity index (χ1) is 11.5. The zero-order valence-corrected chi connectivity index (χ0v) is 13.1. The highest BCUT2D eigenvalue weighted by Gasteiger charge is 2.05. The predicted octanol–water partition coefficient (Wildman–Crippen LogP) is 3.85. The van der Waals surface area contributed by atoms with E-state index < -0.39 is 5.82 Å². The van der Waals surface area contributed by atoms with Crippen molar-refractivity contribution in [1.29, 1.82) is 0 Å². The van der Waals surface area contributed by atoms with Crippen molar-refractivity contribution in [2.75, 3.05) is 12.4 Å². The molecular weight excluding hydrogens is 309 g/mol. The predicted molar refractivity (Wildman–Crippen MR) is 91.6 cm³/mol. The number of hydrogen-bond acceptors (Lipinski definition) is 3. The smallest absolute Gasteiger partial charge is 0.247 e. The highest BCUT2D eigenvalue weighted by Crippen LogP contribution is 2.18. The fourth-order valence-corrected chi connectivity index (χ4v) is 1.95. The van der Waals surface area contributed by atoms with E-state index in [-0.39, 0.29) is 17.3 Å². The third kappa shape index (κ3) is 4.39. The van der Waals surface area contributed by atoms with E-state index in [1.54, 1.807) is 24.3 Å². The largest absolute Gasteiger partial charge is 0.497 e. The number of halogens is 1. The maximum absolute atomic E-state index is 13.7. The summed E-state index contributed by atoms with van der Waals surface area (Å²) >= 11 is 0. The lowest BCUT2D eigenvalue weighted by Crippen LogP contribution is -2.07. The topological polar surface area (TPSA) is 55.4 Å². The van der Waals surface area contributed by atoms with Gasteiger partial charge in [0.05, 0.1) is 7.11 Å². The molecule has 0 aliphatic heterocycles. The van der Waals surface area contributed by atoms with Crippen LogP contribution in [0, 0.1) is 5.82 Å². The van der Waals surface area contributed by atoms with E-state index in [0.717, 1.165) is 6.08 Å². The highest BCUT2D eigenvalue weighted by atomic mass is 19.1. The number of methoxy groups -OCH3 is 1. The van der Waals surface area contributed by atoms with Gasteiger partial charge in [0.15, 0.2) is 5.78 Å². The Morgan fingerprint density at radius 1 is 1.17 bits per heavy atom. The number of amides is 1. The number of carbonyl (C=O) groups is 2. The van der Waals surface area contributed by atoms with Crippen molar-refractivity contribution in [3.05, 3.63) is 78.1 Å². The van der Waals surface area contributed by atoms with E-state index in [1.165, 1.54) is 37.5 Å². The van der Waals surface area contributed by atoms with Gasteiger partial charge in [0, 0.05) is 16.8 Å². The molecule has 0 fully saturated rings. The first-order valence-corrected chi connectivity index (χ1v) is 7.13. The first-order valence-electron chi connectivity index (χ1n) is 7.13. The Bertz CT molecular complexity index is 795. The van der Waals surface area contributed by atoms with Gasteiger partial charge in [-0.3, -0.25) is 9.59 Å². The molecule has 0 saturated heterocycles. The Balaban J connectivity index is 2.12. The molecule has 1 N–H and O–H groups in total. The lowest BCUT2D eigenvalue weighted by Gasteiger charge is -2.03. The van der Waals surface area contributed by atoms with Gasteiger partial charge >= 0.3 is 0 Å². The normalized spacial score (nSPS) is 10.4. The number of carbonyl (C=O) groups excluding carboxylic acids is 2. The zero-order chi connectivity index (χ0) is 17.5. The van der Waals surface area contributed by atoms with Crippen molar-refractivity contribution < 1.29 is 18.7 Å². The molecule has 2 rings (SSSR count). The first kappa shape index (κ1) is 17.1. The van der Waals surface area contributed by atoms with Crippen LogP contribution < -0.4 is 10.1 Å². The molecule has 5 heteroatoms. The fourth-order valence-electron chi connectivity index (χ4n) is 1.95. The van der Waals surface area contributed by atoms with Crippen LogP contribution in [0.2, 0.25) is 0 Å². The van der Waals surface area contributed by atoms with Gasteiger partial charge in [0.25, 0.3) is 0 Å². The van der Waals surface area contributed by atoms with Gasteiger partial charge in [-0.1, -0.05) is 6.58 Å². The second-order valence-corrected chi connectivity index (χ2v) is 4.86. The summed E-state index contributed by atoms with van der Waals surface area (Å²) in [5, 5.41) is 2.59. The summed E-state index contributed by atoms with van der Waals surface area (Å²) in [7, 11) is 1.48. The van der Waals surface area contributed by atoms with Gasteiger partial charge in [-0.05, 0) is 60.7 Å². The molecule has 4 nitrogen and oxygen atoms in total. The standard InChI is InChI=1S/C19H16FNO3/c1-3-19(23)21-15-7-4-13(5-8-15)18(22)11-6-14-12-16(24-2)9-10-17(14)20/h3-12H,1H2,2H3,(H,21,23)/b11-6+. The van der Waals surface area contributed by atoms with Crippen LogP contribution in [0.4, 0.5) is 10.1 Å². The minimum absolute atomic E-state index is 0.262. The van der Waals surface area contributed by atoms with Crippen LogP contribution in [0.15, 0.2) is 61.2 Å². The quantitative estimate of drug-likeness (QED) is 0.648. The monoisotopic (exact) mass is 325 g/mol. The summed E-state index contributed by atoms with van der Waals surface area (Å²) in [6.07, 6.45) is 3.84. The zero-order valence-electron chi connectivity index (χ0n) is 13.1. The van der Waals surface area contributed by atoms with Crippen molar-refractivity contribution >= 4 is 23.5 Å². The molecular formula is C19H16FNO3. The van der Waals surface area contributed by atoms with Gasteiger partial charge in [0.1, 0.15) is 11.6 Å². The maximum atomic E-state index is 13.7. The van der Waals surface area contributed by atoms with E-state index in [1.807, 2.05) is 0 Å². The molecule has 0 aliphatic carbocycles. The molecule has 24 heavy (non-hydrogen) atoms. The minimum Gasteiger partial charge on any atom is -0.497 e. The maximum Gasteiger partial charge on any atom is 0.247 e. The average Bonchev–Trinajstić information content (AvgIpc) is 2.61. The molecule has 1 amide bonds. The number of hydrogen-bond donors (Lipinski definition) is 1. The number of ketones is 1. The Hall–Kier alpha value is -3.21. The molecule has 0 aliphatic rings. The van der Waals surface area contributed by atoms with Crippen molar-refractivity contribution in [2.45, 2.75) is 0 Å². The van der Waals surface area contributed by atoms with Crippen LogP contribution in [0.1, 0.15) is 15.9 Å². The number of ether oxygens (including phenoxy) is 1. The van der Waals surface area contributed by atoms with Gasteiger partial charge < -0.3 is 10.1 Å². The number of rotatable bonds is 6. The number of benzene rings is 2. The third-order valence-corrected chi connectivity index (χ3v) is 3.24. The van der Waals surface area contributed by atoms with Gasteiger partial charge in [-0.15, -0.1) is 0 Å². The molecule has 122 valence electrons. The third-order valence-electron chi connectivity index (χ3n) is 3.24. The van der Waals surface area contributed by atoms with Crippen LogP contribution in [-0.4, -0.2) is 18.8 Å². The van der Waals surface area contributed by atoms with Crippen LogP contribution in [0.25, 0.3) is 6.08 Å². The van der Waals surface area contributed by atoms with E-state index in [9.17, 15) is 14.0 Å². The number of nitrogens with one attached hydrogen (secondary N) is 1. The number of anilines is 1. The second kappa shape index (κ2) is 7.87. The molecule has 0 bridgehead atoms. The summed E-state index contributed by atoms with van der Waals surface area (Å²) in [6.45, 7) is 3.36. The van der Waals surface area contributed by atoms with Crippen molar-refractivity contribution in [1.82, 2.24) is 0 Å². The molecule has 0 aromatic heterocycles. The van der Waals surface area contributed by atoms with Crippen molar-refractivity contribution in [3.63, 3.8) is 0 Å². The van der Waals surface area contributed by atoms with Gasteiger partial charge in [-0.25, -0.2) is 4.39 Å². The molecule has 0 spiro atoms. The van der Waals surface area contributed by atoms with Crippen LogP contribution in [0.5, 0.6) is 5.75 Å². The van der Waals surface area contributed by atoms with E-state index in [2.05, 4.69) is 11.9 Å². The molecule has 0 unspecified atom stereocenters. The van der Waals surface area contributed by atoms with Crippen molar-refractivity contribution in [3.8, 4) is 5.75 Å². The minimum atomic E-state index is -0.442. The summed E-state index contributed by atoms with van der Waals surface area (Å²) < 4.78 is 18.7. The molecule has 0 saturated carbocycles. The van der Waals surface area contributed by atoms with E-state index >= 15 is 0 Å². The number of allylic oxidation sites excluding steroid dienone is 1. The highest BCUT2D eigenvalue weighted by molar-refractivity contribution is 6.07. The SMILES string of the molecule is C=CC(=O)Nc1ccc(C(=O)/C=C/c2cc(OC)ccc2F)cc1. The van der Waals surface area contributed by atoms with Crippen molar-refractivity contribution in [2.24, 2.45) is 0 Å². The Labute approximate surface area is 139 Å². The summed E-state index contributed by atoms with van der Waals surface area (Å²) in [4.78, 5) is 23.3. The second-order valence-electron chi connectivity index (χ2n) is 4.86. The van der Waals surface area contributed by atoms with Crippen LogP contribution in [0.3, 0.4) is 0 Å². The van der Waals surface area contributed by atoms with Gasteiger partial charge in [0.2, 0.25) is 5.91 Å². The molecule has 2 aromatic rings. The lowest BCUT2D eigenvalue weighted by molar-refractivity contribution is -0.111. The van der Waals surface area contributed by atoms with Gasteiger partial charge in [-0.2, -0.15) is 0 Å². The average molecular weight is 325 g/mol. The Kier molecular flexibility index (Phi) is 5.63. The molecule has 0 heterocycles. The summed E-state index contributed by atoms with van der Waals surface area (Å²) in [5.41, 5.74) is 1.24. The lowest BCUT2D eigenvalue weighted by atomic mass is 10.1. The van der Waals surface area contributed by atoms with E-state index in [0.29, 0.717) is 17.0 Å². The van der Waals surface area contributed by atoms with Crippen LogP contribution in [-0.2, 0) is 4.79 Å². The Morgan fingerprint density at radius 2 is 1.88 bits per heavy atom. The summed E-state index contributed by atoms with van der Waals surface area (Å²) in [6, 6.07) is 10.7. The fraction of sp³-hybridized carbons (Fsp3) is 0.0526. The Morgan fingerprint density at radius 3 is 2.50 bits per heavy atom. The summed E-state index contributed by atoms with van der Waals surface area (Å²) in [5.74, 6) is -0.547. The molecule has 2 aromatic carbocycles. The molecule has 0 radical (unpaired) electrons. The van der Waals surface area contributed by atoms with Crippen LogP contribution >= 0.6 is 0 Å².